The summed E-state index contributed by atoms with van der Waals surface area (Å²) in [6.45, 7) is 0.507. The van der Waals surface area contributed by atoms with Crippen molar-refractivity contribution in [2.45, 2.75) is 12.5 Å². The molecule has 0 amide bonds. The molecule has 9 heteroatoms. The largest absolute Gasteiger partial charge is 0.496 e. The SMILES string of the molecule is COc1cc(OC)c2c(c1)OCCC1=C2NC(N)=NC1c1ccc(-n2cncn2)cc1. The fourth-order valence-corrected chi connectivity index (χ4v) is 3.98. The predicted octanol–water partition coefficient (Wildman–Crippen LogP) is 2.44. The quantitative estimate of drug-likeness (QED) is 0.670. The molecule has 31 heavy (non-hydrogen) atoms. The summed E-state index contributed by atoms with van der Waals surface area (Å²) in [6, 6.07) is 11.5. The van der Waals surface area contributed by atoms with Crippen molar-refractivity contribution in [2.24, 2.45) is 10.7 Å². The first-order chi connectivity index (χ1) is 15.2. The molecule has 0 radical (unpaired) electrons. The molecule has 3 heterocycles. The topological polar surface area (TPSA) is 109 Å². The molecule has 0 fully saturated rings. The van der Waals surface area contributed by atoms with Gasteiger partial charge in [-0.25, -0.2) is 14.7 Å². The second-order valence-electron chi connectivity index (χ2n) is 7.17. The van der Waals surface area contributed by atoms with Crippen molar-refractivity contribution in [3.8, 4) is 22.9 Å². The number of methoxy groups -OCH3 is 2. The van der Waals surface area contributed by atoms with Crippen molar-refractivity contribution in [3.63, 3.8) is 0 Å². The third-order valence-corrected chi connectivity index (χ3v) is 5.44. The van der Waals surface area contributed by atoms with Gasteiger partial charge in [0.15, 0.2) is 5.96 Å². The van der Waals surface area contributed by atoms with Gasteiger partial charge in [-0.2, -0.15) is 5.10 Å². The lowest BCUT2D eigenvalue weighted by Gasteiger charge is -2.27. The summed E-state index contributed by atoms with van der Waals surface area (Å²) in [5, 5.41) is 7.42. The highest BCUT2D eigenvalue weighted by atomic mass is 16.5. The number of nitrogens with one attached hydrogen (secondary N) is 1. The molecule has 0 aliphatic carbocycles. The Kier molecular flexibility index (Phi) is 4.70. The Morgan fingerprint density at radius 2 is 2.00 bits per heavy atom. The minimum absolute atomic E-state index is 0.234. The lowest BCUT2D eigenvalue weighted by Crippen LogP contribution is -2.35. The second kappa shape index (κ2) is 7.67. The standard InChI is InChI=1S/C22H22N6O3/c1-29-15-9-17(30-2)19-18(10-15)31-8-7-16-20(26-22(23)27-21(16)19)13-3-5-14(6-4-13)28-12-24-11-25-28/h3-6,9-12,20H,7-8H2,1-2H3,(H3,23,26,27). The summed E-state index contributed by atoms with van der Waals surface area (Å²) in [5.41, 5.74) is 10.9. The number of aromatic nitrogens is 3. The lowest BCUT2D eigenvalue weighted by atomic mass is 9.91. The molecule has 2 aliphatic rings. The Labute approximate surface area is 179 Å². The van der Waals surface area contributed by atoms with E-state index in [-0.39, 0.29) is 6.04 Å². The van der Waals surface area contributed by atoms with Gasteiger partial charge in [0.1, 0.15) is 35.9 Å². The van der Waals surface area contributed by atoms with Gasteiger partial charge in [0, 0.05) is 18.6 Å². The summed E-state index contributed by atoms with van der Waals surface area (Å²) in [5.74, 6) is 2.34. The first-order valence-electron chi connectivity index (χ1n) is 9.85. The average molecular weight is 418 g/mol. The van der Waals surface area contributed by atoms with Crippen molar-refractivity contribution in [3.05, 3.63) is 65.8 Å². The predicted molar refractivity (Wildman–Crippen MR) is 115 cm³/mol. The number of hydrogen-bond donors (Lipinski definition) is 2. The molecule has 3 N–H and O–H groups in total. The van der Waals surface area contributed by atoms with E-state index in [4.69, 9.17) is 24.9 Å². The zero-order valence-electron chi connectivity index (χ0n) is 17.2. The van der Waals surface area contributed by atoms with E-state index in [1.165, 1.54) is 6.33 Å². The smallest absolute Gasteiger partial charge is 0.194 e. The third-order valence-electron chi connectivity index (χ3n) is 5.44. The van der Waals surface area contributed by atoms with Crippen LogP contribution in [0.2, 0.25) is 0 Å². The maximum Gasteiger partial charge on any atom is 0.194 e. The average Bonchev–Trinajstić information content (AvgIpc) is 3.27. The molecule has 1 aromatic heterocycles. The maximum atomic E-state index is 6.21. The molecule has 2 aromatic carbocycles. The zero-order chi connectivity index (χ0) is 21.4. The number of rotatable bonds is 4. The number of nitrogens with two attached hydrogens (primary N) is 1. The molecule has 0 saturated carbocycles. The van der Waals surface area contributed by atoms with E-state index in [0.717, 1.165) is 28.1 Å². The minimum atomic E-state index is -0.234. The lowest BCUT2D eigenvalue weighted by molar-refractivity contribution is 0.315. The molecule has 0 spiro atoms. The Morgan fingerprint density at radius 1 is 1.16 bits per heavy atom. The number of fused-ring (bicyclic) bond motifs is 2. The van der Waals surface area contributed by atoms with Crippen molar-refractivity contribution in [2.75, 3.05) is 20.8 Å². The van der Waals surface area contributed by atoms with Gasteiger partial charge in [-0.15, -0.1) is 0 Å². The summed E-state index contributed by atoms with van der Waals surface area (Å²) in [4.78, 5) is 8.70. The number of nitrogens with zero attached hydrogens (tertiary/aromatic N) is 4. The molecular formula is C22H22N6O3. The summed E-state index contributed by atoms with van der Waals surface area (Å²) >= 11 is 0. The molecular weight excluding hydrogens is 396 g/mol. The van der Waals surface area contributed by atoms with Crippen LogP contribution in [0.5, 0.6) is 17.2 Å². The van der Waals surface area contributed by atoms with Crippen LogP contribution >= 0.6 is 0 Å². The van der Waals surface area contributed by atoms with E-state index >= 15 is 0 Å². The van der Waals surface area contributed by atoms with Crippen molar-refractivity contribution in [1.29, 1.82) is 0 Å². The van der Waals surface area contributed by atoms with Crippen LogP contribution in [-0.2, 0) is 0 Å². The van der Waals surface area contributed by atoms with E-state index in [9.17, 15) is 0 Å². The monoisotopic (exact) mass is 418 g/mol. The van der Waals surface area contributed by atoms with Crippen LogP contribution in [0.1, 0.15) is 23.6 Å². The van der Waals surface area contributed by atoms with Gasteiger partial charge >= 0.3 is 0 Å². The number of guanidine groups is 1. The molecule has 158 valence electrons. The molecule has 2 aliphatic heterocycles. The van der Waals surface area contributed by atoms with Crippen molar-refractivity contribution < 1.29 is 14.2 Å². The Morgan fingerprint density at radius 3 is 2.71 bits per heavy atom. The Hall–Kier alpha value is -4.01. The van der Waals surface area contributed by atoms with Crippen molar-refractivity contribution >= 4 is 11.7 Å². The van der Waals surface area contributed by atoms with E-state index in [1.54, 1.807) is 25.2 Å². The van der Waals surface area contributed by atoms with E-state index < -0.39 is 0 Å². The van der Waals surface area contributed by atoms with Crippen LogP contribution in [-0.4, -0.2) is 41.6 Å². The molecule has 0 saturated heterocycles. The first kappa shape index (κ1) is 19.0. The summed E-state index contributed by atoms with van der Waals surface area (Å²) in [6.07, 6.45) is 3.86. The van der Waals surface area contributed by atoms with Crippen LogP contribution < -0.4 is 25.3 Å². The molecule has 1 unspecified atom stereocenters. The van der Waals surface area contributed by atoms with E-state index in [0.29, 0.717) is 36.2 Å². The molecule has 0 bridgehead atoms. The molecule has 9 nitrogen and oxygen atoms in total. The second-order valence-corrected chi connectivity index (χ2v) is 7.17. The fraction of sp³-hybridized carbons (Fsp3) is 0.227. The molecule has 1 atom stereocenters. The highest BCUT2D eigenvalue weighted by Crippen LogP contribution is 2.45. The van der Waals surface area contributed by atoms with Gasteiger partial charge in [0.05, 0.1) is 37.8 Å². The third kappa shape index (κ3) is 3.33. The maximum absolute atomic E-state index is 6.21. The van der Waals surface area contributed by atoms with Crippen LogP contribution in [0.15, 0.2) is 59.6 Å². The summed E-state index contributed by atoms with van der Waals surface area (Å²) < 4.78 is 18.8. The Bertz CT molecular complexity index is 1170. The van der Waals surface area contributed by atoms with Crippen LogP contribution in [0.3, 0.4) is 0 Å². The van der Waals surface area contributed by atoms with Gasteiger partial charge < -0.3 is 25.3 Å². The number of benzene rings is 2. The van der Waals surface area contributed by atoms with Gasteiger partial charge in [0.2, 0.25) is 0 Å². The number of ether oxygens (including phenoxy) is 3. The van der Waals surface area contributed by atoms with Crippen molar-refractivity contribution in [1.82, 2.24) is 20.1 Å². The highest BCUT2D eigenvalue weighted by Gasteiger charge is 2.31. The number of hydrogen-bond acceptors (Lipinski definition) is 8. The minimum Gasteiger partial charge on any atom is -0.496 e. The number of aliphatic imine (C=N–C) groups is 1. The van der Waals surface area contributed by atoms with Gasteiger partial charge in [0.25, 0.3) is 0 Å². The van der Waals surface area contributed by atoms with Crippen LogP contribution in [0.25, 0.3) is 11.4 Å². The first-order valence-corrected chi connectivity index (χ1v) is 9.85. The Balaban J connectivity index is 1.60. The fourth-order valence-electron chi connectivity index (χ4n) is 3.98. The van der Waals surface area contributed by atoms with Gasteiger partial charge in [-0.05, 0) is 23.3 Å². The van der Waals surface area contributed by atoms with Gasteiger partial charge in [-0.3, -0.25) is 0 Å². The van der Waals surface area contributed by atoms with Crippen LogP contribution in [0.4, 0.5) is 0 Å². The molecule has 5 rings (SSSR count). The summed E-state index contributed by atoms with van der Waals surface area (Å²) in [7, 11) is 3.24. The van der Waals surface area contributed by atoms with Gasteiger partial charge in [-0.1, -0.05) is 12.1 Å². The zero-order valence-corrected chi connectivity index (χ0v) is 17.2. The van der Waals surface area contributed by atoms with E-state index in [2.05, 4.69) is 15.4 Å². The van der Waals surface area contributed by atoms with E-state index in [1.807, 2.05) is 36.4 Å². The normalized spacial score (nSPS) is 17.5. The molecule has 3 aromatic rings. The highest BCUT2D eigenvalue weighted by molar-refractivity contribution is 5.94. The van der Waals surface area contributed by atoms with Crippen LogP contribution in [0, 0.1) is 0 Å².